The van der Waals surface area contributed by atoms with Crippen LogP contribution in [0.25, 0.3) is 0 Å². The Morgan fingerprint density at radius 3 is 3.12 bits per heavy atom. The smallest absolute Gasteiger partial charge is 0.0898 e. The van der Waals surface area contributed by atoms with E-state index in [4.69, 9.17) is 4.74 Å². The summed E-state index contributed by atoms with van der Waals surface area (Å²) in [5.74, 6) is 0. The Hall–Kier alpha value is -0.490. The Labute approximate surface area is 107 Å². The maximum Gasteiger partial charge on any atom is 0.0898 e. The molecule has 1 aromatic rings. The number of hydrogen-bond acceptors (Lipinski definition) is 5. The SMILES string of the molecule is Cc1nc(C(C)N(C)CC2CNCCO2)cs1. The Bertz CT molecular complexity index is 349. The van der Waals surface area contributed by atoms with Gasteiger partial charge in [0.1, 0.15) is 0 Å². The van der Waals surface area contributed by atoms with E-state index in [0.717, 1.165) is 31.2 Å². The molecule has 2 rings (SSSR count). The molecular formula is C12H21N3OS. The molecule has 0 aromatic carbocycles. The van der Waals surface area contributed by atoms with E-state index in [0.29, 0.717) is 12.1 Å². The van der Waals surface area contributed by atoms with Crippen molar-refractivity contribution in [2.24, 2.45) is 0 Å². The summed E-state index contributed by atoms with van der Waals surface area (Å²) in [5, 5.41) is 6.64. The lowest BCUT2D eigenvalue weighted by Crippen LogP contribution is -2.44. The van der Waals surface area contributed by atoms with Gasteiger partial charge in [-0.2, -0.15) is 0 Å². The van der Waals surface area contributed by atoms with E-state index in [2.05, 4.69) is 41.5 Å². The first-order valence-electron chi connectivity index (χ1n) is 6.11. The molecule has 1 aromatic heterocycles. The van der Waals surface area contributed by atoms with Gasteiger partial charge >= 0.3 is 0 Å². The van der Waals surface area contributed by atoms with Gasteiger partial charge < -0.3 is 10.1 Å². The van der Waals surface area contributed by atoms with Gasteiger partial charge in [0, 0.05) is 31.1 Å². The van der Waals surface area contributed by atoms with E-state index in [1.807, 2.05) is 0 Å². The highest BCUT2D eigenvalue weighted by atomic mass is 32.1. The fourth-order valence-corrected chi connectivity index (χ4v) is 2.71. The van der Waals surface area contributed by atoms with Crippen LogP contribution in [0.5, 0.6) is 0 Å². The molecule has 17 heavy (non-hydrogen) atoms. The number of thiazole rings is 1. The van der Waals surface area contributed by atoms with Gasteiger partial charge in [-0.1, -0.05) is 0 Å². The first-order chi connectivity index (χ1) is 8.16. The summed E-state index contributed by atoms with van der Waals surface area (Å²) in [4.78, 5) is 6.86. The third-order valence-electron chi connectivity index (χ3n) is 3.22. The Kier molecular flexibility index (Phi) is 4.50. The first-order valence-corrected chi connectivity index (χ1v) is 6.99. The third kappa shape index (κ3) is 3.48. The second-order valence-electron chi connectivity index (χ2n) is 4.60. The summed E-state index contributed by atoms with van der Waals surface area (Å²) in [6, 6.07) is 0.352. The third-order valence-corrected chi connectivity index (χ3v) is 4.01. The predicted octanol–water partition coefficient (Wildman–Crippen LogP) is 1.43. The fraction of sp³-hybridized carbons (Fsp3) is 0.750. The molecular weight excluding hydrogens is 234 g/mol. The summed E-state index contributed by atoms with van der Waals surface area (Å²) in [6.07, 6.45) is 0.302. The molecule has 0 bridgehead atoms. The van der Waals surface area contributed by atoms with Gasteiger partial charge in [-0.25, -0.2) is 4.98 Å². The van der Waals surface area contributed by atoms with Crippen LogP contribution in [0.4, 0.5) is 0 Å². The average Bonchev–Trinajstić information content (AvgIpc) is 2.76. The summed E-state index contributed by atoms with van der Waals surface area (Å²) in [5.41, 5.74) is 1.17. The Morgan fingerprint density at radius 2 is 2.53 bits per heavy atom. The van der Waals surface area contributed by atoms with Gasteiger partial charge in [0.05, 0.1) is 23.4 Å². The van der Waals surface area contributed by atoms with E-state index >= 15 is 0 Å². The summed E-state index contributed by atoms with van der Waals surface area (Å²) in [6.45, 7) is 7.95. The van der Waals surface area contributed by atoms with Gasteiger partial charge in [0.15, 0.2) is 0 Å². The number of morpholine rings is 1. The maximum atomic E-state index is 5.72. The molecule has 1 N–H and O–H groups in total. The van der Waals surface area contributed by atoms with E-state index in [1.54, 1.807) is 11.3 Å². The van der Waals surface area contributed by atoms with Crippen LogP contribution in [-0.4, -0.2) is 49.3 Å². The zero-order valence-electron chi connectivity index (χ0n) is 10.8. The fourth-order valence-electron chi connectivity index (χ4n) is 2.01. The van der Waals surface area contributed by atoms with Crippen LogP contribution in [0, 0.1) is 6.92 Å². The lowest BCUT2D eigenvalue weighted by molar-refractivity contribution is 0.00369. The Morgan fingerprint density at radius 1 is 1.71 bits per heavy atom. The second-order valence-corrected chi connectivity index (χ2v) is 5.67. The Balaban J connectivity index is 1.88. The van der Waals surface area contributed by atoms with Gasteiger partial charge in [0.2, 0.25) is 0 Å². The van der Waals surface area contributed by atoms with Crippen molar-refractivity contribution < 1.29 is 4.74 Å². The van der Waals surface area contributed by atoms with Crippen LogP contribution < -0.4 is 5.32 Å². The van der Waals surface area contributed by atoms with Crippen LogP contribution in [0.15, 0.2) is 5.38 Å². The maximum absolute atomic E-state index is 5.72. The van der Waals surface area contributed by atoms with Gasteiger partial charge in [0.25, 0.3) is 0 Å². The molecule has 2 unspecified atom stereocenters. The monoisotopic (exact) mass is 255 g/mol. The molecule has 2 atom stereocenters. The van der Waals surface area contributed by atoms with E-state index in [-0.39, 0.29) is 0 Å². The lowest BCUT2D eigenvalue weighted by Gasteiger charge is -2.30. The van der Waals surface area contributed by atoms with E-state index in [1.165, 1.54) is 5.69 Å². The number of hydrogen-bond donors (Lipinski definition) is 1. The zero-order valence-corrected chi connectivity index (χ0v) is 11.6. The standard InChI is InChI=1S/C12H21N3OS/c1-9(12-8-17-10(2)14-12)15(3)7-11-6-13-4-5-16-11/h8-9,11,13H,4-7H2,1-3H3. The molecule has 5 heteroatoms. The number of likely N-dealkylation sites (N-methyl/N-ethyl adjacent to an activating group) is 1. The second kappa shape index (κ2) is 5.91. The molecule has 2 heterocycles. The molecule has 0 saturated carbocycles. The molecule has 4 nitrogen and oxygen atoms in total. The van der Waals surface area contributed by atoms with Crippen molar-refractivity contribution in [2.75, 3.05) is 33.3 Å². The van der Waals surface area contributed by atoms with E-state index in [9.17, 15) is 0 Å². The summed E-state index contributed by atoms with van der Waals surface area (Å²) < 4.78 is 5.72. The molecule has 1 fully saturated rings. The highest BCUT2D eigenvalue weighted by Gasteiger charge is 2.20. The van der Waals surface area contributed by atoms with Crippen molar-refractivity contribution in [3.05, 3.63) is 16.1 Å². The highest BCUT2D eigenvalue weighted by Crippen LogP contribution is 2.21. The molecule has 0 radical (unpaired) electrons. The highest BCUT2D eigenvalue weighted by molar-refractivity contribution is 7.09. The van der Waals surface area contributed by atoms with Crippen molar-refractivity contribution in [3.63, 3.8) is 0 Å². The number of nitrogens with zero attached hydrogens (tertiary/aromatic N) is 2. The number of aryl methyl sites for hydroxylation is 1. The van der Waals surface area contributed by atoms with Crippen LogP contribution in [0.3, 0.4) is 0 Å². The minimum Gasteiger partial charge on any atom is -0.374 e. The zero-order chi connectivity index (χ0) is 12.3. The average molecular weight is 255 g/mol. The van der Waals surface area contributed by atoms with Crippen molar-refractivity contribution >= 4 is 11.3 Å². The molecule has 1 saturated heterocycles. The van der Waals surface area contributed by atoms with Crippen LogP contribution in [-0.2, 0) is 4.74 Å². The van der Waals surface area contributed by atoms with Crippen LogP contribution in [0.2, 0.25) is 0 Å². The van der Waals surface area contributed by atoms with Crippen molar-refractivity contribution in [2.45, 2.75) is 26.0 Å². The predicted molar refractivity (Wildman–Crippen MR) is 70.5 cm³/mol. The quantitative estimate of drug-likeness (QED) is 0.883. The molecule has 96 valence electrons. The number of rotatable bonds is 4. The van der Waals surface area contributed by atoms with Crippen molar-refractivity contribution in [1.29, 1.82) is 0 Å². The molecule has 1 aliphatic heterocycles. The van der Waals surface area contributed by atoms with Gasteiger partial charge in [-0.15, -0.1) is 11.3 Å². The first kappa shape index (κ1) is 13.0. The van der Waals surface area contributed by atoms with Crippen LogP contribution in [0.1, 0.15) is 23.7 Å². The topological polar surface area (TPSA) is 37.4 Å². The number of aromatic nitrogens is 1. The minimum absolute atomic E-state index is 0.302. The number of nitrogens with one attached hydrogen (secondary N) is 1. The lowest BCUT2D eigenvalue weighted by atomic mass is 10.2. The van der Waals surface area contributed by atoms with Crippen LogP contribution >= 0.6 is 11.3 Å². The summed E-state index contributed by atoms with van der Waals surface area (Å²) in [7, 11) is 2.14. The van der Waals surface area contributed by atoms with Crippen molar-refractivity contribution in [1.82, 2.24) is 15.2 Å². The molecule has 0 aliphatic carbocycles. The van der Waals surface area contributed by atoms with Gasteiger partial charge in [-0.05, 0) is 20.9 Å². The molecule has 0 amide bonds. The molecule has 0 spiro atoms. The van der Waals surface area contributed by atoms with E-state index < -0.39 is 0 Å². The normalized spacial score (nSPS) is 22.9. The minimum atomic E-state index is 0.302. The number of ether oxygens (including phenoxy) is 1. The largest absolute Gasteiger partial charge is 0.374 e. The van der Waals surface area contributed by atoms with Gasteiger partial charge in [-0.3, -0.25) is 4.90 Å². The molecule has 1 aliphatic rings. The summed E-state index contributed by atoms with van der Waals surface area (Å²) >= 11 is 1.71. The van der Waals surface area contributed by atoms with Crippen molar-refractivity contribution in [3.8, 4) is 0 Å².